The third-order valence-corrected chi connectivity index (χ3v) is 5.88. The van der Waals surface area contributed by atoms with E-state index in [4.69, 9.17) is 11.6 Å². The summed E-state index contributed by atoms with van der Waals surface area (Å²) in [6, 6.07) is 21.3. The van der Waals surface area contributed by atoms with E-state index in [2.05, 4.69) is 0 Å². The zero-order chi connectivity index (χ0) is 16.0. The van der Waals surface area contributed by atoms with Gasteiger partial charge in [0.2, 0.25) is 0 Å². The average molecular weight is 342 g/mol. The standard InChI is InChI=1S/C18H12ClNO2S/c19-13-9-11-14(12-10-13)23(21,22)20-17-7-3-1-5-15(17)16-6-2-4-8-18(16)20/h1-12H. The Morgan fingerprint density at radius 3 is 1.70 bits per heavy atom. The summed E-state index contributed by atoms with van der Waals surface area (Å²) < 4.78 is 27.7. The van der Waals surface area contributed by atoms with Gasteiger partial charge in [-0.25, -0.2) is 12.4 Å². The van der Waals surface area contributed by atoms with Gasteiger partial charge in [-0.1, -0.05) is 48.0 Å². The Labute approximate surface area is 138 Å². The van der Waals surface area contributed by atoms with Gasteiger partial charge in [-0.2, -0.15) is 0 Å². The minimum atomic E-state index is -3.71. The number of hydrogen-bond donors (Lipinski definition) is 0. The van der Waals surface area contributed by atoms with Crippen molar-refractivity contribution in [2.24, 2.45) is 0 Å². The zero-order valence-corrected chi connectivity index (χ0v) is 13.6. The first-order valence-electron chi connectivity index (χ1n) is 7.08. The molecular weight excluding hydrogens is 330 g/mol. The lowest BCUT2D eigenvalue weighted by Crippen LogP contribution is -2.12. The molecule has 0 aliphatic carbocycles. The number of rotatable bonds is 2. The molecular formula is C18H12ClNO2S. The van der Waals surface area contributed by atoms with Gasteiger partial charge < -0.3 is 0 Å². The Bertz CT molecular complexity index is 1080. The fraction of sp³-hybridized carbons (Fsp3) is 0. The molecule has 0 spiro atoms. The minimum Gasteiger partial charge on any atom is -0.233 e. The van der Waals surface area contributed by atoms with Crippen molar-refractivity contribution in [3.63, 3.8) is 0 Å². The van der Waals surface area contributed by atoms with Crippen molar-refractivity contribution >= 4 is 43.4 Å². The van der Waals surface area contributed by atoms with E-state index >= 15 is 0 Å². The molecule has 1 heterocycles. The largest absolute Gasteiger partial charge is 0.268 e. The third kappa shape index (κ3) is 2.14. The first-order valence-corrected chi connectivity index (χ1v) is 8.90. The molecule has 23 heavy (non-hydrogen) atoms. The SMILES string of the molecule is O=S(=O)(c1ccc(Cl)cc1)n1c2ccccc2c2ccccc21. The van der Waals surface area contributed by atoms with Crippen LogP contribution in [-0.4, -0.2) is 12.4 Å². The molecule has 0 bridgehead atoms. The van der Waals surface area contributed by atoms with Crippen molar-refractivity contribution < 1.29 is 8.42 Å². The molecule has 1 aromatic heterocycles. The molecule has 0 atom stereocenters. The first kappa shape index (κ1) is 14.3. The van der Waals surface area contributed by atoms with Crippen LogP contribution in [0.2, 0.25) is 5.02 Å². The zero-order valence-electron chi connectivity index (χ0n) is 12.0. The van der Waals surface area contributed by atoms with Crippen molar-refractivity contribution in [1.82, 2.24) is 3.97 Å². The van der Waals surface area contributed by atoms with Gasteiger partial charge in [0.1, 0.15) is 0 Å². The van der Waals surface area contributed by atoms with Crippen molar-refractivity contribution in [2.75, 3.05) is 0 Å². The van der Waals surface area contributed by atoms with Crippen LogP contribution in [0.4, 0.5) is 0 Å². The van der Waals surface area contributed by atoms with Crippen LogP contribution < -0.4 is 0 Å². The summed E-state index contributed by atoms with van der Waals surface area (Å²) in [7, 11) is -3.71. The topological polar surface area (TPSA) is 39.1 Å². The molecule has 3 aromatic carbocycles. The van der Waals surface area contributed by atoms with Gasteiger partial charge in [-0.15, -0.1) is 0 Å². The van der Waals surface area contributed by atoms with E-state index in [1.54, 1.807) is 12.1 Å². The van der Waals surface area contributed by atoms with Gasteiger partial charge in [-0.05, 0) is 36.4 Å². The molecule has 0 fully saturated rings. The molecule has 0 amide bonds. The summed E-state index contributed by atoms with van der Waals surface area (Å²) in [5.74, 6) is 0. The Hall–Kier alpha value is -2.30. The molecule has 0 saturated carbocycles. The molecule has 0 aliphatic heterocycles. The highest BCUT2D eigenvalue weighted by Crippen LogP contribution is 2.32. The molecule has 3 nitrogen and oxygen atoms in total. The predicted octanol–water partition coefficient (Wildman–Crippen LogP) is 4.68. The van der Waals surface area contributed by atoms with Crippen LogP contribution in [0.3, 0.4) is 0 Å². The number of benzene rings is 3. The molecule has 4 aromatic rings. The maximum absolute atomic E-state index is 13.2. The Morgan fingerprint density at radius 1 is 0.696 bits per heavy atom. The summed E-state index contributed by atoms with van der Waals surface area (Å²) in [6.45, 7) is 0. The summed E-state index contributed by atoms with van der Waals surface area (Å²) in [4.78, 5) is 0.216. The van der Waals surface area contributed by atoms with Crippen LogP contribution in [0.15, 0.2) is 77.7 Å². The van der Waals surface area contributed by atoms with Crippen molar-refractivity contribution in [3.8, 4) is 0 Å². The molecule has 0 unspecified atom stereocenters. The second kappa shape index (κ2) is 5.11. The molecule has 0 N–H and O–H groups in total. The van der Waals surface area contributed by atoms with E-state index in [-0.39, 0.29) is 4.90 Å². The Balaban J connectivity index is 2.13. The van der Waals surface area contributed by atoms with Gasteiger partial charge in [0.15, 0.2) is 0 Å². The maximum Gasteiger partial charge on any atom is 0.268 e. The number of para-hydroxylation sites is 2. The summed E-state index contributed by atoms with van der Waals surface area (Å²) in [5.41, 5.74) is 1.34. The van der Waals surface area contributed by atoms with Crippen LogP contribution in [0, 0.1) is 0 Å². The predicted molar refractivity (Wildman–Crippen MR) is 93.5 cm³/mol. The third-order valence-electron chi connectivity index (χ3n) is 3.89. The number of halogens is 1. The number of fused-ring (bicyclic) bond motifs is 3. The lowest BCUT2D eigenvalue weighted by molar-refractivity contribution is 0.590. The van der Waals surface area contributed by atoms with E-state index in [9.17, 15) is 8.42 Å². The van der Waals surface area contributed by atoms with Gasteiger partial charge in [-0.3, -0.25) is 0 Å². The van der Waals surface area contributed by atoms with Gasteiger partial charge in [0.05, 0.1) is 15.9 Å². The summed E-state index contributed by atoms with van der Waals surface area (Å²) in [5, 5.41) is 2.34. The molecule has 5 heteroatoms. The number of aromatic nitrogens is 1. The van der Waals surface area contributed by atoms with Crippen molar-refractivity contribution in [1.29, 1.82) is 0 Å². The number of nitrogens with zero attached hydrogens (tertiary/aromatic N) is 1. The van der Waals surface area contributed by atoms with Gasteiger partial charge in [0, 0.05) is 15.8 Å². The number of hydrogen-bond acceptors (Lipinski definition) is 2. The molecule has 0 aliphatic rings. The molecule has 114 valence electrons. The summed E-state index contributed by atoms with van der Waals surface area (Å²) >= 11 is 5.88. The van der Waals surface area contributed by atoms with Crippen LogP contribution in [0.1, 0.15) is 0 Å². The average Bonchev–Trinajstić information content (AvgIpc) is 2.90. The van der Waals surface area contributed by atoms with Crippen LogP contribution in [0.5, 0.6) is 0 Å². The quantitative estimate of drug-likeness (QED) is 0.530. The van der Waals surface area contributed by atoms with Gasteiger partial charge in [0.25, 0.3) is 10.0 Å². The maximum atomic E-state index is 13.2. The van der Waals surface area contributed by atoms with Crippen molar-refractivity contribution in [3.05, 3.63) is 77.8 Å². The second-order valence-electron chi connectivity index (χ2n) is 5.26. The van der Waals surface area contributed by atoms with Crippen LogP contribution in [-0.2, 0) is 10.0 Å². The normalized spacial score (nSPS) is 12.0. The van der Waals surface area contributed by atoms with Crippen molar-refractivity contribution in [2.45, 2.75) is 4.90 Å². The Morgan fingerprint density at radius 2 is 1.17 bits per heavy atom. The minimum absolute atomic E-state index is 0.216. The Kier molecular flexibility index (Phi) is 3.18. The van der Waals surface area contributed by atoms with E-state index in [1.165, 1.54) is 16.1 Å². The fourth-order valence-electron chi connectivity index (χ4n) is 2.86. The highest BCUT2D eigenvalue weighted by Gasteiger charge is 2.22. The molecule has 0 saturated heterocycles. The highest BCUT2D eigenvalue weighted by atomic mass is 35.5. The van der Waals surface area contributed by atoms with E-state index in [0.717, 1.165) is 10.8 Å². The van der Waals surface area contributed by atoms with E-state index in [0.29, 0.717) is 16.1 Å². The smallest absolute Gasteiger partial charge is 0.233 e. The molecule has 4 rings (SSSR count). The lowest BCUT2D eigenvalue weighted by Gasteiger charge is -2.09. The van der Waals surface area contributed by atoms with Crippen LogP contribution in [0.25, 0.3) is 21.8 Å². The van der Waals surface area contributed by atoms with Gasteiger partial charge >= 0.3 is 0 Å². The second-order valence-corrected chi connectivity index (χ2v) is 7.48. The highest BCUT2D eigenvalue weighted by molar-refractivity contribution is 7.90. The van der Waals surface area contributed by atoms with Crippen LogP contribution >= 0.6 is 11.6 Å². The first-order chi connectivity index (χ1) is 11.1. The van der Waals surface area contributed by atoms with E-state index in [1.807, 2.05) is 48.5 Å². The fourth-order valence-corrected chi connectivity index (χ4v) is 4.51. The lowest BCUT2D eigenvalue weighted by atomic mass is 10.2. The monoisotopic (exact) mass is 341 g/mol. The molecule has 0 radical (unpaired) electrons. The summed E-state index contributed by atoms with van der Waals surface area (Å²) in [6.07, 6.45) is 0. The van der Waals surface area contributed by atoms with E-state index < -0.39 is 10.0 Å².